The Kier molecular flexibility index (Phi) is 5.58. The molecule has 0 aliphatic carbocycles. The molecule has 9 heteroatoms. The molecule has 1 atom stereocenters. The van der Waals surface area contributed by atoms with Crippen molar-refractivity contribution in [3.8, 4) is 5.75 Å². The van der Waals surface area contributed by atoms with Crippen LogP contribution in [0, 0.1) is 11.6 Å². The van der Waals surface area contributed by atoms with E-state index in [4.69, 9.17) is 11.5 Å². The molecule has 0 aromatic heterocycles. The Balaban J connectivity index is 2.36. The fourth-order valence-corrected chi connectivity index (χ4v) is 2.16. The second kappa shape index (κ2) is 7.32. The number of halogens is 6. The van der Waals surface area contributed by atoms with Crippen molar-refractivity contribution in [1.29, 1.82) is 0 Å². The molecule has 136 valence electrons. The van der Waals surface area contributed by atoms with Crippen LogP contribution in [0.3, 0.4) is 0 Å². The van der Waals surface area contributed by atoms with Crippen LogP contribution in [0.4, 0.5) is 26.3 Å². The van der Waals surface area contributed by atoms with Crippen LogP contribution in [0.15, 0.2) is 36.4 Å². The molecule has 0 heterocycles. The van der Waals surface area contributed by atoms with E-state index in [2.05, 4.69) is 4.74 Å². The van der Waals surface area contributed by atoms with Gasteiger partial charge in [0.1, 0.15) is 17.4 Å². The van der Waals surface area contributed by atoms with E-state index < -0.39 is 36.0 Å². The topological polar surface area (TPSA) is 61.3 Å². The Hall–Kier alpha value is -2.26. The molecular formula is C16H14F6N2O. The lowest BCUT2D eigenvalue weighted by Crippen LogP contribution is -2.33. The molecular weight excluding hydrogens is 350 g/mol. The molecule has 2 aromatic rings. The van der Waals surface area contributed by atoms with E-state index in [0.717, 1.165) is 18.2 Å². The highest BCUT2D eigenvalue weighted by atomic mass is 19.3. The number of ether oxygens (including phenoxy) is 1. The molecule has 0 spiro atoms. The summed E-state index contributed by atoms with van der Waals surface area (Å²) in [5.74, 6) is -2.37. The molecule has 4 N–H and O–H groups in total. The minimum Gasteiger partial charge on any atom is -0.428 e. The van der Waals surface area contributed by atoms with Crippen LogP contribution in [0.1, 0.15) is 22.7 Å². The first kappa shape index (κ1) is 19.1. The van der Waals surface area contributed by atoms with Crippen LogP contribution < -0.4 is 16.2 Å². The molecule has 0 aliphatic rings. The van der Waals surface area contributed by atoms with Crippen molar-refractivity contribution in [3.05, 3.63) is 64.7 Å². The zero-order valence-corrected chi connectivity index (χ0v) is 12.7. The number of hydrogen-bond acceptors (Lipinski definition) is 3. The maximum Gasteiger partial charge on any atom is 0.461 e. The third-order valence-electron chi connectivity index (χ3n) is 3.41. The number of benzene rings is 2. The standard InChI is InChI=1S/C16H14F6N2O/c17-11-4-9(5-12(6-11)25-16(21,22)15(19)20)14(24)8-1-2-13(18)10(3-8)7-23/h1-6,14-15H,7,23-24H2. The molecule has 0 saturated heterocycles. The first-order valence-electron chi connectivity index (χ1n) is 7.03. The van der Waals surface area contributed by atoms with Crippen molar-refractivity contribution < 1.29 is 31.1 Å². The predicted molar refractivity (Wildman–Crippen MR) is 78.3 cm³/mol. The first-order chi connectivity index (χ1) is 11.6. The second-order valence-electron chi connectivity index (χ2n) is 5.22. The summed E-state index contributed by atoms with van der Waals surface area (Å²) in [5.41, 5.74) is 11.8. The van der Waals surface area contributed by atoms with Crippen LogP contribution in [0.25, 0.3) is 0 Å². The molecule has 3 nitrogen and oxygen atoms in total. The van der Waals surface area contributed by atoms with Crippen LogP contribution in [0.2, 0.25) is 0 Å². The van der Waals surface area contributed by atoms with Crippen molar-refractivity contribution in [3.63, 3.8) is 0 Å². The lowest BCUT2D eigenvalue weighted by molar-refractivity contribution is -0.253. The molecule has 0 bridgehead atoms. The Bertz CT molecular complexity index is 753. The second-order valence-corrected chi connectivity index (χ2v) is 5.22. The summed E-state index contributed by atoms with van der Waals surface area (Å²) in [6, 6.07) is 5.11. The van der Waals surface area contributed by atoms with Gasteiger partial charge in [0.25, 0.3) is 0 Å². The number of hydrogen-bond donors (Lipinski definition) is 2. The van der Waals surface area contributed by atoms with Crippen molar-refractivity contribution in [1.82, 2.24) is 0 Å². The normalized spacial score (nSPS) is 13.2. The van der Waals surface area contributed by atoms with E-state index in [9.17, 15) is 26.3 Å². The van der Waals surface area contributed by atoms with Gasteiger partial charge in [0.15, 0.2) is 0 Å². The van der Waals surface area contributed by atoms with Gasteiger partial charge in [-0.3, -0.25) is 0 Å². The molecule has 0 aliphatic heterocycles. The molecule has 2 rings (SSSR count). The van der Waals surface area contributed by atoms with E-state index in [1.54, 1.807) is 0 Å². The van der Waals surface area contributed by atoms with Crippen molar-refractivity contribution >= 4 is 0 Å². The average molecular weight is 364 g/mol. The van der Waals surface area contributed by atoms with Gasteiger partial charge in [-0.1, -0.05) is 6.07 Å². The summed E-state index contributed by atoms with van der Waals surface area (Å²) < 4.78 is 81.4. The van der Waals surface area contributed by atoms with E-state index in [-0.39, 0.29) is 17.7 Å². The highest BCUT2D eigenvalue weighted by Crippen LogP contribution is 2.31. The summed E-state index contributed by atoms with van der Waals surface area (Å²) in [6.07, 6.45) is -8.87. The molecule has 0 saturated carbocycles. The number of alkyl halides is 4. The highest BCUT2D eigenvalue weighted by Gasteiger charge is 2.44. The Morgan fingerprint density at radius 1 is 1.00 bits per heavy atom. The van der Waals surface area contributed by atoms with Gasteiger partial charge in [0.05, 0.1) is 6.04 Å². The van der Waals surface area contributed by atoms with Gasteiger partial charge >= 0.3 is 12.5 Å². The fourth-order valence-electron chi connectivity index (χ4n) is 2.16. The zero-order valence-electron chi connectivity index (χ0n) is 12.7. The van der Waals surface area contributed by atoms with Gasteiger partial charge in [-0.15, -0.1) is 0 Å². The van der Waals surface area contributed by atoms with E-state index in [1.807, 2.05) is 0 Å². The quantitative estimate of drug-likeness (QED) is 0.769. The summed E-state index contributed by atoms with van der Waals surface area (Å²) in [5, 5.41) is 0. The monoisotopic (exact) mass is 364 g/mol. The minimum absolute atomic E-state index is 0.0188. The first-order valence-corrected chi connectivity index (χ1v) is 7.03. The van der Waals surface area contributed by atoms with Gasteiger partial charge in [-0.2, -0.15) is 17.6 Å². The predicted octanol–water partition coefficient (Wildman–Crippen LogP) is 3.71. The van der Waals surface area contributed by atoms with Crippen molar-refractivity contribution in [2.24, 2.45) is 11.5 Å². The molecule has 2 aromatic carbocycles. The lowest BCUT2D eigenvalue weighted by atomic mass is 9.97. The average Bonchev–Trinajstić information content (AvgIpc) is 2.53. The zero-order chi connectivity index (χ0) is 18.8. The summed E-state index contributed by atoms with van der Waals surface area (Å²) in [6.45, 7) is -0.107. The van der Waals surface area contributed by atoms with Gasteiger partial charge < -0.3 is 16.2 Å². The number of nitrogens with two attached hydrogens (primary N) is 2. The Morgan fingerprint density at radius 3 is 2.28 bits per heavy atom. The van der Waals surface area contributed by atoms with Crippen molar-refractivity contribution in [2.45, 2.75) is 25.1 Å². The van der Waals surface area contributed by atoms with Crippen LogP contribution in [0.5, 0.6) is 5.75 Å². The van der Waals surface area contributed by atoms with E-state index in [0.29, 0.717) is 11.6 Å². The molecule has 0 radical (unpaired) electrons. The van der Waals surface area contributed by atoms with E-state index >= 15 is 0 Å². The largest absolute Gasteiger partial charge is 0.461 e. The van der Waals surface area contributed by atoms with E-state index in [1.165, 1.54) is 12.1 Å². The molecule has 1 unspecified atom stereocenters. The van der Waals surface area contributed by atoms with Crippen molar-refractivity contribution in [2.75, 3.05) is 0 Å². The lowest BCUT2D eigenvalue weighted by Gasteiger charge is -2.19. The van der Waals surface area contributed by atoms with Crippen LogP contribution >= 0.6 is 0 Å². The summed E-state index contributed by atoms with van der Waals surface area (Å²) in [4.78, 5) is 0. The molecule has 0 fully saturated rings. The van der Waals surface area contributed by atoms with Gasteiger partial charge in [-0.05, 0) is 35.4 Å². The maximum absolute atomic E-state index is 13.6. The smallest absolute Gasteiger partial charge is 0.428 e. The molecule has 25 heavy (non-hydrogen) atoms. The third-order valence-corrected chi connectivity index (χ3v) is 3.41. The number of rotatable bonds is 6. The Labute approximate surface area is 139 Å². The van der Waals surface area contributed by atoms with Gasteiger partial charge in [-0.25, -0.2) is 8.78 Å². The van der Waals surface area contributed by atoms with Gasteiger partial charge in [0, 0.05) is 18.2 Å². The molecule has 0 amide bonds. The summed E-state index contributed by atoms with van der Waals surface area (Å²) in [7, 11) is 0. The summed E-state index contributed by atoms with van der Waals surface area (Å²) >= 11 is 0. The maximum atomic E-state index is 13.6. The SMILES string of the molecule is NCc1cc(C(N)c2cc(F)cc(OC(F)(F)C(F)F)c2)ccc1F. The minimum atomic E-state index is -4.78. The highest BCUT2D eigenvalue weighted by molar-refractivity contribution is 5.38. The van der Waals surface area contributed by atoms with Crippen LogP contribution in [-0.4, -0.2) is 12.5 Å². The van der Waals surface area contributed by atoms with Gasteiger partial charge in [0.2, 0.25) is 0 Å². The third kappa shape index (κ3) is 4.43. The van der Waals surface area contributed by atoms with Crippen LogP contribution in [-0.2, 0) is 6.54 Å². The fraction of sp³-hybridized carbons (Fsp3) is 0.250. The Morgan fingerprint density at radius 2 is 1.68 bits per heavy atom.